The fourth-order valence-electron chi connectivity index (χ4n) is 2.17. The van der Waals surface area contributed by atoms with Crippen LogP contribution in [-0.4, -0.2) is 23.7 Å². The van der Waals surface area contributed by atoms with Crippen molar-refractivity contribution in [1.82, 2.24) is 5.32 Å². The van der Waals surface area contributed by atoms with E-state index in [0.29, 0.717) is 6.42 Å². The molecule has 0 aromatic carbocycles. The van der Waals surface area contributed by atoms with Crippen molar-refractivity contribution in [1.29, 1.82) is 0 Å². The summed E-state index contributed by atoms with van der Waals surface area (Å²) in [6, 6.07) is -0.0638. The number of carbonyl (C=O) groups is 1. The number of hydrogen-bond acceptors (Lipinski definition) is 2. The fraction of sp³-hybridized carbons (Fsp3) is 0.938. The largest absolute Gasteiger partial charge is 0.394 e. The number of amides is 1. The van der Waals surface area contributed by atoms with Crippen molar-refractivity contribution in [2.45, 2.75) is 90.5 Å². The molecule has 0 spiro atoms. The summed E-state index contributed by atoms with van der Waals surface area (Å²) in [7, 11) is 0. The number of hydrogen-bond donors (Lipinski definition) is 2. The lowest BCUT2D eigenvalue weighted by Gasteiger charge is -2.13. The Labute approximate surface area is 119 Å². The molecule has 0 aliphatic heterocycles. The molecular weight excluding hydrogens is 238 g/mol. The van der Waals surface area contributed by atoms with Crippen molar-refractivity contribution < 1.29 is 9.90 Å². The van der Waals surface area contributed by atoms with Crippen LogP contribution in [0.1, 0.15) is 84.5 Å². The molecule has 0 saturated heterocycles. The highest BCUT2D eigenvalue weighted by Gasteiger charge is 2.08. The Balaban J connectivity index is 3.27. The minimum absolute atomic E-state index is 0.0417. The molecule has 0 aromatic heterocycles. The molecule has 1 unspecified atom stereocenters. The monoisotopic (exact) mass is 271 g/mol. The fourth-order valence-corrected chi connectivity index (χ4v) is 2.17. The van der Waals surface area contributed by atoms with E-state index >= 15 is 0 Å². The van der Waals surface area contributed by atoms with Crippen LogP contribution in [0.5, 0.6) is 0 Å². The predicted molar refractivity (Wildman–Crippen MR) is 81.2 cm³/mol. The first-order valence-corrected chi connectivity index (χ1v) is 8.14. The van der Waals surface area contributed by atoms with E-state index in [-0.39, 0.29) is 18.6 Å². The number of nitrogens with one attached hydrogen (secondary N) is 1. The van der Waals surface area contributed by atoms with Crippen LogP contribution in [0.4, 0.5) is 0 Å². The van der Waals surface area contributed by atoms with Gasteiger partial charge in [-0.2, -0.15) is 0 Å². The normalized spacial score (nSPS) is 12.4. The van der Waals surface area contributed by atoms with E-state index < -0.39 is 0 Å². The van der Waals surface area contributed by atoms with E-state index in [1.807, 2.05) is 6.92 Å². The molecule has 114 valence electrons. The summed E-state index contributed by atoms with van der Waals surface area (Å²) >= 11 is 0. The number of unbranched alkanes of at least 4 members (excludes halogenated alkanes) is 8. The Bertz CT molecular complexity index is 203. The summed E-state index contributed by atoms with van der Waals surface area (Å²) < 4.78 is 0. The average Bonchev–Trinajstić information content (AvgIpc) is 2.43. The Kier molecular flexibility index (Phi) is 13.4. The number of carbonyl (C=O) groups excluding carboxylic acids is 1. The van der Waals surface area contributed by atoms with Crippen LogP contribution in [0.15, 0.2) is 0 Å². The number of aliphatic hydroxyl groups excluding tert-OH is 1. The maximum absolute atomic E-state index is 11.6. The van der Waals surface area contributed by atoms with Gasteiger partial charge in [0.05, 0.1) is 12.6 Å². The van der Waals surface area contributed by atoms with Gasteiger partial charge >= 0.3 is 0 Å². The van der Waals surface area contributed by atoms with Crippen LogP contribution in [0.25, 0.3) is 0 Å². The van der Waals surface area contributed by atoms with E-state index in [2.05, 4.69) is 12.2 Å². The Morgan fingerprint density at radius 2 is 1.47 bits per heavy atom. The van der Waals surface area contributed by atoms with Gasteiger partial charge in [0.1, 0.15) is 0 Å². The molecule has 0 radical (unpaired) electrons. The van der Waals surface area contributed by atoms with Crippen molar-refractivity contribution in [3.8, 4) is 0 Å². The lowest BCUT2D eigenvalue weighted by atomic mass is 10.1. The summed E-state index contributed by atoms with van der Waals surface area (Å²) in [5.74, 6) is 0.0869. The van der Waals surface area contributed by atoms with E-state index in [0.717, 1.165) is 19.3 Å². The molecule has 2 N–H and O–H groups in total. The van der Waals surface area contributed by atoms with Gasteiger partial charge in [-0.1, -0.05) is 65.2 Å². The third-order valence-corrected chi connectivity index (χ3v) is 3.59. The van der Waals surface area contributed by atoms with Crippen molar-refractivity contribution >= 4 is 5.91 Å². The smallest absolute Gasteiger partial charge is 0.220 e. The molecule has 0 bridgehead atoms. The van der Waals surface area contributed by atoms with Crippen LogP contribution in [0.2, 0.25) is 0 Å². The summed E-state index contributed by atoms with van der Waals surface area (Å²) in [6.45, 7) is 4.25. The summed E-state index contributed by atoms with van der Waals surface area (Å²) in [6.07, 6.45) is 12.8. The molecule has 3 nitrogen and oxygen atoms in total. The highest BCUT2D eigenvalue weighted by molar-refractivity contribution is 5.76. The standard InChI is InChI=1S/C16H33NO2/c1-3-5-6-7-8-9-10-11-12-13-16(19)17-15(4-2)14-18/h15,18H,3-14H2,1-2H3,(H,17,19). The van der Waals surface area contributed by atoms with Gasteiger partial charge in [0.25, 0.3) is 0 Å². The van der Waals surface area contributed by atoms with Gasteiger partial charge in [0, 0.05) is 6.42 Å². The van der Waals surface area contributed by atoms with Gasteiger partial charge in [0.2, 0.25) is 5.91 Å². The van der Waals surface area contributed by atoms with E-state index in [9.17, 15) is 4.79 Å². The molecule has 0 aliphatic carbocycles. The van der Waals surface area contributed by atoms with Crippen LogP contribution >= 0.6 is 0 Å². The molecule has 19 heavy (non-hydrogen) atoms. The topological polar surface area (TPSA) is 49.3 Å². The quantitative estimate of drug-likeness (QED) is 0.501. The van der Waals surface area contributed by atoms with Crippen LogP contribution in [-0.2, 0) is 4.79 Å². The van der Waals surface area contributed by atoms with E-state index in [1.54, 1.807) is 0 Å². The molecule has 0 aromatic rings. The third-order valence-electron chi connectivity index (χ3n) is 3.59. The number of aliphatic hydroxyl groups is 1. The highest BCUT2D eigenvalue weighted by Crippen LogP contribution is 2.10. The molecule has 0 fully saturated rings. The zero-order valence-corrected chi connectivity index (χ0v) is 12.9. The van der Waals surface area contributed by atoms with Gasteiger partial charge in [-0.3, -0.25) is 4.79 Å². The second-order valence-corrected chi connectivity index (χ2v) is 5.43. The maximum atomic E-state index is 11.6. The summed E-state index contributed by atoms with van der Waals surface area (Å²) in [5, 5.41) is 11.8. The Morgan fingerprint density at radius 3 is 1.95 bits per heavy atom. The van der Waals surface area contributed by atoms with Crippen LogP contribution in [0, 0.1) is 0 Å². The zero-order chi connectivity index (χ0) is 14.3. The van der Waals surface area contributed by atoms with Crippen molar-refractivity contribution in [2.24, 2.45) is 0 Å². The van der Waals surface area contributed by atoms with E-state index in [1.165, 1.54) is 44.9 Å². The molecule has 0 rings (SSSR count). The second-order valence-electron chi connectivity index (χ2n) is 5.43. The first kappa shape index (κ1) is 18.4. The lowest BCUT2D eigenvalue weighted by molar-refractivity contribution is -0.122. The first-order chi connectivity index (χ1) is 9.24. The molecule has 0 saturated carbocycles. The molecule has 1 atom stereocenters. The Hall–Kier alpha value is -0.570. The predicted octanol–water partition coefficient (Wildman–Crippen LogP) is 3.79. The van der Waals surface area contributed by atoms with Crippen molar-refractivity contribution in [3.05, 3.63) is 0 Å². The van der Waals surface area contributed by atoms with Crippen LogP contribution < -0.4 is 5.32 Å². The molecule has 0 aliphatic rings. The minimum Gasteiger partial charge on any atom is -0.394 e. The van der Waals surface area contributed by atoms with Gasteiger partial charge in [-0.25, -0.2) is 0 Å². The highest BCUT2D eigenvalue weighted by atomic mass is 16.3. The third kappa shape index (κ3) is 12.2. The van der Waals surface area contributed by atoms with Crippen LogP contribution in [0.3, 0.4) is 0 Å². The lowest BCUT2D eigenvalue weighted by Crippen LogP contribution is -2.36. The van der Waals surface area contributed by atoms with Gasteiger partial charge in [0.15, 0.2) is 0 Å². The molecule has 0 heterocycles. The zero-order valence-electron chi connectivity index (χ0n) is 12.9. The SMILES string of the molecule is CCCCCCCCCCCC(=O)NC(CC)CO. The van der Waals surface area contributed by atoms with Crippen molar-refractivity contribution in [2.75, 3.05) is 6.61 Å². The molecule has 3 heteroatoms. The minimum atomic E-state index is -0.0638. The van der Waals surface area contributed by atoms with Gasteiger partial charge in [-0.15, -0.1) is 0 Å². The van der Waals surface area contributed by atoms with Gasteiger partial charge in [-0.05, 0) is 12.8 Å². The molecule has 1 amide bonds. The Morgan fingerprint density at radius 1 is 0.947 bits per heavy atom. The maximum Gasteiger partial charge on any atom is 0.220 e. The molecular formula is C16H33NO2. The van der Waals surface area contributed by atoms with Crippen molar-refractivity contribution in [3.63, 3.8) is 0 Å². The first-order valence-electron chi connectivity index (χ1n) is 8.14. The summed E-state index contributed by atoms with van der Waals surface area (Å²) in [5.41, 5.74) is 0. The van der Waals surface area contributed by atoms with E-state index in [4.69, 9.17) is 5.11 Å². The average molecular weight is 271 g/mol. The number of rotatable bonds is 13. The second kappa shape index (κ2) is 13.9. The van der Waals surface area contributed by atoms with Gasteiger partial charge < -0.3 is 10.4 Å². The summed E-state index contributed by atoms with van der Waals surface area (Å²) in [4.78, 5) is 11.6.